The zero-order valence-electron chi connectivity index (χ0n) is 18.6. The molecule has 2 heterocycles. The fourth-order valence-electron chi connectivity index (χ4n) is 3.41. The summed E-state index contributed by atoms with van der Waals surface area (Å²) in [7, 11) is 0. The van der Waals surface area contributed by atoms with E-state index in [9.17, 15) is 4.79 Å². The average molecular weight is 460 g/mol. The Morgan fingerprint density at radius 3 is 2.64 bits per heavy atom. The zero-order chi connectivity index (χ0) is 23.4. The van der Waals surface area contributed by atoms with Gasteiger partial charge in [0.05, 0.1) is 6.20 Å². The van der Waals surface area contributed by atoms with E-state index in [1.807, 2.05) is 74.7 Å². The molecule has 0 fully saturated rings. The number of rotatable bonds is 7. The van der Waals surface area contributed by atoms with Gasteiger partial charge in [-0.25, -0.2) is 4.98 Å². The first-order valence-electron chi connectivity index (χ1n) is 10.4. The SMILES string of the molecule is CSc1ccc(C(=O)Nc2cccc(C(C)Oc3cc(-c4cn[nH]c4C)cnc3N)c2)cc1. The third-order valence-electron chi connectivity index (χ3n) is 5.29. The second kappa shape index (κ2) is 9.79. The third kappa shape index (κ3) is 5.18. The summed E-state index contributed by atoms with van der Waals surface area (Å²) in [5, 5.41) is 9.94. The van der Waals surface area contributed by atoms with Crippen LogP contribution in [0, 0.1) is 6.92 Å². The molecule has 1 amide bonds. The van der Waals surface area contributed by atoms with E-state index in [2.05, 4.69) is 20.5 Å². The van der Waals surface area contributed by atoms with E-state index in [-0.39, 0.29) is 12.0 Å². The van der Waals surface area contributed by atoms with Gasteiger partial charge in [0.2, 0.25) is 0 Å². The van der Waals surface area contributed by atoms with Gasteiger partial charge >= 0.3 is 0 Å². The summed E-state index contributed by atoms with van der Waals surface area (Å²) < 4.78 is 6.15. The molecule has 8 heteroatoms. The minimum absolute atomic E-state index is 0.162. The number of hydrogen-bond donors (Lipinski definition) is 3. The molecule has 0 saturated carbocycles. The van der Waals surface area contributed by atoms with Crippen molar-refractivity contribution in [3.8, 4) is 16.9 Å². The van der Waals surface area contributed by atoms with E-state index in [1.165, 1.54) is 0 Å². The summed E-state index contributed by atoms with van der Waals surface area (Å²) in [6.07, 6.45) is 5.14. The standard InChI is InChI=1S/C25H25N5O2S/c1-15-22(14-28-30-15)19-12-23(24(26)27-13-19)32-16(2)18-5-4-6-20(11-18)29-25(31)17-7-9-21(33-3)10-8-17/h4-14,16H,1-3H3,(H2,26,27)(H,28,30)(H,29,31). The first-order valence-corrected chi connectivity index (χ1v) is 11.6. The molecule has 2 aromatic carbocycles. The fourth-order valence-corrected chi connectivity index (χ4v) is 3.82. The smallest absolute Gasteiger partial charge is 0.255 e. The van der Waals surface area contributed by atoms with E-state index in [0.717, 1.165) is 27.3 Å². The summed E-state index contributed by atoms with van der Waals surface area (Å²) in [6, 6.07) is 16.9. The molecule has 0 bridgehead atoms. The molecule has 1 unspecified atom stereocenters. The molecule has 4 aromatic rings. The summed E-state index contributed by atoms with van der Waals surface area (Å²) >= 11 is 1.64. The van der Waals surface area contributed by atoms with E-state index < -0.39 is 0 Å². The van der Waals surface area contributed by atoms with Gasteiger partial charge in [-0.15, -0.1) is 11.8 Å². The molecule has 4 N–H and O–H groups in total. The van der Waals surface area contributed by atoms with Crippen LogP contribution in [0.2, 0.25) is 0 Å². The summed E-state index contributed by atoms with van der Waals surface area (Å²) in [4.78, 5) is 18.0. The predicted molar refractivity (Wildman–Crippen MR) is 133 cm³/mol. The van der Waals surface area contributed by atoms with Crippen molar-refractivity contribution < 1.29 is 9.53 Å². The number of pyridine rings is 1. The van der Waals surface area contributed by atoms with Crippen molar-refractivity contribution in [1.82, 2.24) is 15.2 Å². The van der Waals surface area contributed by atoms with Crippen LogP contribution in [0.1, 0.15) is 34.6 Å². The number of nitrogens with two attached hydrogens (primary N) is 1. The van der Waals surface area contributed by atoms with Gasteiger partial charge in [0.25, 0.3) is 5.91 Å². The molecular weight excluding hydrogens is 434 g/mol. The Morgan fingerprint density at radius 1 is 1.15 bits per heavy atom. The molecule has 2 aromatic heterocycles. The summed E-state index contributed by atoms with van der Waals surface area (Å²) in [6.45, 7) is 3.87. The number of aryl methyl sites for hydroxylation is 1. The molecule has 7 nitrogen and oxygen atoms in total. The van der Waals surface area contributed by atoms with Crippen molar-refractivity contribution in [1.29, 1.82) is 0 Å². The molecule has 33 heavy (non-hydrogen) atoms. The monoisotopic (exact) mass is 459 g/mol. The quantitative estimate of drug-likeness (QED) is 0.316. The zero-order valence-corrected chi connectivity index (χ0v) is 19.4. The molecule has 4 rings (SSSR count). The van der Waals surface area contributed by atoms with E-state index in [1.54, 1.807) is 24.2 Å². The van der Waals surface area contributed by atoms with E-state index in [0.29, 0.717) is 22.8 Å². The van der Waals surface area contributed by atoms with Crippen LogP contribution in [0.15, 0.2) is 71.9 Å². The molecule has 0 spiro atoms. The molecule has 168 valence electrons. The number of thioether (sulfide) groups is 1. The van der Waals surface area contributed by atoms with Crippen LogP contribution in [0.3, 0.4) is 0 Å². The fraction of sp³-hybridized carbons (Fsp3) is 0.160. The number of benzene rings is 2. The van der Waals surface area contributed by atoms with Crippen LogP contribution < -0.4 is 15.8 Å². The van der Waals surface area contributed by atoms with Crippen LogP contribution in [0.25, 0.3) is 11.1 Å². The van der Waals surface area contributed by atoms with Crippen molar-refractivity contribution in [2.75, 3.05) is 17.3 Å². The lowest BCUT2D eigenvalue weighted by molar-refractivity contribution is 0.102. The Kier molecular flexibility index (Phi) is 6.65. The molecule has 0 radical (unpaired) electrons. The van der Waals surface area contributed by atoms with Crippen molar-refractivity contribution >= 4 is 29.2 Å². The maximum absolute atomic E-state index is 12.6. The second-order valence-corrected chi connectivity index (χ2v) is 8.46. The molecule has 0 aliphatic carbocycles. The highest BCUT2D eigenvalue weighted by Crippen LogP contribution is 2.32. The number of nitrogen functional groups attached to an aromatic ring is 1. The largest absolute Gasteiger partial charge is 0.482 e. The van der Waals surface area contributed by atoms with Crippen molar-refractivity contribution in [3.63, 3.8) is 0 Å². The lowest BCUT2D eigenvalue weighted by atomic mass is 10.1. The number of nitrogens with one attached hydrogen (secondary N) is 2. The molecule has 0 saturated heterocycles. The lowest BCUT2D eigenvalue weighted by Gasteiger charge is -2.18. The maximum atomic E-state index is 12.6. The predicted octanol–water partition coefficient (Wildman–Crippen LogP) is 5.48. The molecular formula is C25H25N5O2S. The minimum atomic E-state index is -0.312. The van der Waals surface area contributed by atoms with Gasteiger partial charge in [-0.3, -0.25) is 9.89 Å². The minimum Gasteiger partial charge on any atom is -0.482 e. The maximum Gasteiger partial charge on any atom is 0.255 e. The van der Waals surface area contributed by atoms with Gasteiger partial charge in [-0.1, -0.05) is 12.1 Å². The van der Waals surface area contributed by atoms with Gasteiger partial charge in [0.1, 0.15) is 6.10 Å². The molecule has 0 aliphatic rings. The number of aromatic amines is 1. The van der Waals surface area contributed by atoms with Gasteiger partial charge in [0, 0.05) is 39.2 Å². The van der Waals surface area contributed by atoms with Crippen LogP contribution in [-0.4, -0.2) is 27.3 Å². The van der Waals surface area contributed by atoms with Crippen LogP contribution in [-0.2, 0) is 0 Å². The summed E-state index contributed by atoms with van der Waals surface area (Å²) in [5.41, 5.74) is 11.0. The first-order chi connectivity index (χ1) is 15.9. The highest BCUT2D eigenvalue weighted by atomic mass is 32.2. The van der Waals surface area contributed by atoms with Crippen molar-refractivity contribution in [3.05, 3.63) is 83.8 Å². The Bertz CT molecular complexity index is 1270. The van der Waals surface area contributed by atoms with Crippen molar-refractivity contribution in [2.24, 2.45) is 0 Å². The highest BCUT2D eigenvalue weighted by Gasteiger charge is 2.14. The second-order valence-electron chi connectivity index (χ2n) is 7.58. The number of ether oxygens (including phenoxy) is 1. The number of aromatic nitrogens is 3. The number of carbonyl (C=O) groups is 1. The Balaban J connectivity index is 1.49. The van der Waals surface area contributed by atoms with Gasteiger partial charge in [-0.05, 0) is 68.1 Å². The normalized spacial score (nSPS) is 11.7. The Hall–Kier alpha value is -3.78. The average Bonchev–Trinajstić information content (AvgIpc) is 3.26. The van der Waals surface area contributed by atoms with Crippen LogP contribution >= 0.6 is 11.8 Å². The van der Waals surface area contributed by atoms with E-state index >= 15 is 0 Å². The molecule has 0 aliphatic heterocycles. The van der Waals surface area contributed by atoms with E-state index in [4.69, 9.17) is 10.5 Å². The van der Waals surface area contributed by atoms with Gasteiger partial charge < -0.3 is 15.8 Å². The Morgan fingerprint density at radius 2 is 1.94 bits per heavy atom. The van der Waals surface area contributed by atoms with Crippen LogP contribution in [0.4, 0.5) is 11.5 Å². The summed E-state index contributed by atoms with van der Waals surface area (Å²) in [5.74, 6) is 0.638. The first kappa shape index (κ1) is 22.4. The topological polar surface area (TPSA) is 106 Å². The number of nitrogens with zero attached hydrogens (tertiary/aromatic N) is 2. The highest BCUT2D eigenvalue weighted by molar-refractivity contribution is 7.98. The number of anilines is 2. The number of amides is 1. The van der Waals surface area contributed by atoms with Crippen molar-refractivity contribution in [2.45, 2.75) is 24.8 Å². The number of H-pyrrole nitrogens is 1. The number of carbonyl (C=O) groups excluding carboxylic acids is 1. The van der Waals surface area contributed by atoms with Crippen LogP contribution in [0.5, 0.6) is 5.75 Å². The Labute approximate surface area is 196 Å². The van der Waals surface area contributed by atoms with Gasteiger partial charge in [0.15, 0.2) is 11.6 Å². The number of hydrogen-bond acceptors (Lipinski definition) is 6. The third-order valence-corrected chi connectivity index (χ3v) is 6.04. The van der Waals surface area contributed by atoms with Gasteiger partial charge in [-0.2, -0.15) is 5.10 Å². The molecule has 1 atom stereocenters. The lowest BCUT2D eigenvalue weighted by Crippen LogP contribution is -2.12.